The van der Waals surface area contributed by atoms with Gasteiger partial charge >= 0.3 is 0 Å². The molecule has 0 saturated carbocycles. The summed E-state index contributed by atoms with van der Waals surface area (Å²) in [7, 11) is 1.93. The third-order valence-corrected chi connectivity index (χ3v) is 7.70. The van der Waals surface area contributed by atoms with Crippen LogP contribution in [0.15, 0.2) is 42.6 Å². The SMILES string of the molecule is CNC1CCN(c2ncc(-c3ccc(OCCCCCCC(=O)NO)c(O)c3)c(-c3ccc(C#N)c(F)c3)c2C#N)CC1. The summed E-state index contributed by atoms with van der Waals surface area (Å²) >= 11 is 0. The average molecular weight is 587 g/mol. The van der Waals surface area contributed by atoms with Gasteiger partial charge in [0, 0.05) is 42.9 Å². The van der Waals surface area contributed by atoms with Crippen LogP contribution in [0.4, 0.5) is 10.2 Å². The molecule has 2 aromatic carbocycles. The van der Waals surface area contributed by atoms with E-state index in [1.807, 2.05) is 13.1 Å². The van der Waals surface area contributed by atoms with Crippen molar-refractivity contribution in [1.29, 1.82) is 10.5 Å². The van der Waals surface area contributed by atoms with E-state index in [4.69, 9.17) is 9.94 Å². The molecule has 0 bridgehead atoms. The molecule has 1 aromatic heterocycles. The number of phenolic OH excluding ortho intramolecular Hbond substituents is 1. The van der Waals surface area contributed by atoms with E-state index in [0.29, 0.717) is 71.5 Å². The van der Waals surface area contributed by atoms with Gasteiger partial charge in [0.15, 0.2) is 11.5 Å². The molecule has 1 aliphatic heterocycles. The van der Waals surface area contributed by atoms with E-state index >= 15 is 0 Å². The summed E-state index contributed by atoms with van der Waals surface area (Å²) in [5.41, 5.74) is 3.80. The van der Waals surface area contributed by atoms with Crippen LogP contribution in [-0.2, 0) is 4.79 Å². The first-order valence-corrected chi connectivity index (χ1v) is 14.3. The van der Waals surface area contributed by atoms with Gasteiger partial charge in [-0.15, -0.1) is 0 Å². The van der Waals surface area contributed by atoms with Gasteiger partial charge in [-0.25, -0.2) is 14.9 Å². The van der Waals surface area contributed by atoms with Crippen molar-refractivity contribution in [2.75, 3.05) is 31.6 Å². The highest BCUT2D eigenvalue weighted by atomic mass is 19.1. The number of nitriles is 2. The highest BCUT2D eigenvalue weighted by Crippen LogP contribution is 2.41. The first kappa shape index (κ1) is 31.2. The Bertz CT molecular complexity index is 1530. The number of carbonyl (C=O) groups is 1. The Morgan fingerprint density at radius 3 is 2.49 bits per heavy atom. The van der Waals surface area contributed by atoms with Crippen LogP contribution in [0.25, 0.3) is 22.3 Å². The second kappa shape index (κ2) is 15.0. The first-order chi connectivity index (χ1) is 20.9. The molecule has 1 aliphatic rings. The van der Waals surface area contributed by atoms with Gasteiger partial charge in [0.25, 0.3) is 0 Å². The number of aromatic hydroxyl groups is 1. The molecular weight excluding hydrogens is 551 g/mol. The zero-order valence-electron chi connectivity index (χ0n) is 24.1. The zero-order valence-corrected chi connectivity index (χ0v) is 24.1. The number of piperidine rings is 1. The number of amides is 1. The number of aromatic nitrogens is 1. The molecule has 4 rings (SSSR count). The van der Waals surface area contributed by atoms with Gasteiger partial charge in [0.05, 0.1) is 12.2 Å². The van der Waals surface area contributed by atoms with Crippen molar-refractivity contribution in [3.8, 4) is 45.9 Å². The van der Waals surface area contributed by atoms with Crippen LogP contribution >= 0.6 is 0 Å². The van der Waals surface area contributed by atoms with Gasteiger partial charge in [-0.05, 0) is 68.1 Å². The van der Waals surface area contributed by atoms with E-state index in [0.717, 1.165) is 32.1 Å². The molecule has 3 aromatic rings. The van der Waals surface area contributed by atoms with Crippen molar-refractivity contribution in [3.63, 3.8) is 0 Å². The summed E-state index contributed by atoms with van der Waals surface area (Å²) in [4.78, 5) is 17.8. The number of anilines is 1. The van der Waals surface area contributed by atoms with Crippen molar-refractivity contribution in [1.82, 2.24) is 15.8 Å². The van der Waals surface area contributed by atoms with Crippen LogP contribution in [0, 0.1) is 28.5 Å². The van der Waals surface area contributed by atoms with Crippen molar-refractivity contribution in [2.45, 2.75) is 51.0 Å². The molecule has 0 radical (unpaired) electrons. The number of benzene rings is 2. The maximum absolute atomic E-state index is 14.8. The number of nitrogens with zero attached hydrogens (tertiary/aromatic N) is 4. The maximum Gasteiger partial charge on any atom is 0.243 e. The fourth-order valence-electron chi connectivity index (χ4n) is 5.29. The van der Waals surface area contributed by atoms with Crippen molar-refractivity contribution < 1.29 is 24.2 Å². The predicted molar refractivity (Wildman–Crippen MR) is 159 cm³/mol. The van der Waals surface area contributed by atoms with Crippen molar-refractivity contribution in [2.24, 2.45) is 0 Å². The van der Waals surface area contributed by atoms with Gasteiger partial charge in [-0.2, -0.15) is 10.5 Å². The molecular formula is C32H35FN6O4. The van der Waals surface area contributed by atoms with Gasteiger partial charge in [-0.3, -0.25) is 10.0 Å². The Hall–Kier alpha value is -4.71. The highest BCUT2D eigenvalue weighted by molar-refractivity contribution is 5.90. The topological polar surface area (TPSA) is 155 Å². The lowest BCUT2D eigenvalue weighted by Crippen LogP contribution is -2.41. The number of hydrogen-bond acceptors (Lipinski definition) is 9. The number of phenols is 1. The van der Waals surface area contributed by atoms with E-state index < -0.39 is 11.7 Å². The van der Waals surface area contributed by atoms with E-state index in [1.54, 1.807) is 29.9 Å². The molecule has 2 heterocycles. The van der Waals surface area contributed by atoms with E-state index in [2.05, 4.69) is 21.3 Å². The van der Waals surface area contributed by atoms with E-state index in [1.165, 1.54) is 18.2 Å². The molecule has 1 amide bonds. The molecule has 10 nitrogen and oxygen atoms in total. The van der Waals surface area contributed by atoms with Gasteiger partial charge < -0.3 is 20.1 Å². The number of rotatable bonds is 12. The zero-order chi connectivity index (χ0) is 30.8. The third-order valence-electron chi connectivity index (χ3n) is 7.70. The third kappa shape index (κ3) is 7.58. The number of unbranched alkanes of at least 4 members (excludes halogenated alkanes) is 3. The summed E-state index contributed by atoms with van der Waals surface area (Å²) in [6.07, 6.45) is 6.68. The quantitative estimate of drug-likeness (QED) is 0.130. The lowest BCUT2D eigenvalue weighted by Gasteiger charge is -2.33. The maximum atomic E-state index is 14.8. The molecule has 1 saturated heterocycles. The largest absolute Gasteiger partial charge is 0.504 e. The minimum Gasteiger partial charge on any atom is -0.504 e. The number of ether oxygens (including phenoxy) is 1. The number of nitrogens with one attached hydrogen (secondary N) is 2. The second-order valence-electron chi connectivity index (χ2n) is 10.4. The summed E-state index contributed by atoms with van der Waals surface area (Å²) in [5, 5.41) is 42.2. The summed E-state index contributed by atoms with van der Waals surface area (Å²) in [6.45, 7) is 1.78. The molecule has 11 heteroatoms. The molecule has 0 spiro atoms. The normalized spacial score (nSPS) is 13.3. The van der Waals surface area contributed by atoms with E-state index in [9.17, 15) is 24.8 Å². The lowest BCUT2D eigenvalue weighted by molar-refractivity contribution is -0.129. The standard InChI is InChI=1S/C32H35FN6O4/c1-36-24-11-13-39(14-12-24)32-25(19-35)31(22-7-8-23(18-34)27(33)16-22)26(20-37-32)21-9-10-29(28(40)17-21)43-15-5-3-2-4-6-30(41)38-42/h7-10,16-17,20,24,36,40,42H,2-6,11-15H2,1H3,(H,38,41). The molecule has 224 valence electrons. The number of hydroxylamine groups is 1. The van der Waals surface area contributed by atoms with Crippen LogP contribution in [0.5, 0.6) is 11.5 Å². The molecule has 0 unspecified atom stereocenters. The summed E-state index contributed by atoms with van der Waals surface area (Å²) < 4.78 is 20.6. The van der Waals surface area contributed by atoms with Gasteiger partial charge in [-0.1, -0.05) is 25.0 Å². The molecule has 0 atom stereocenters. The summed E-state index contributed by atoms with van der Waals surface area (Å²) in [5.74, 6) is -0.375. The first-order valence-electron chi connectivity index (χ1n) is 14.3. The Morgan fingerprint density at radius 2 is 1.84 bits per heavy atom. The number of pyridine rings is 1. The second-order valence-corrected chi connectivity index (χ2v) is 10.4. The molecule has 1 fully saturated rings. The van der Waals surface area contributed by atoms with Crippen molar-refractivity contribution >= 4 is 11.7 Å². The Labute approximate surface area is 250 Å². The predicted octanol–water partition coefficient (Wildman–Crippen LogP) is 5.03. The smallest absolute Gasteiger partial charge is 0.243 e. The number of hydrogen-bond donors (Lipinski definition) is 4. The lowest BCUT2D eigenvalue weighted by atomic mass is 9.91. The molecule has 4 N–H and O–H groups in total. The van der Waals surface area contributed by atoms with Gasteiger partial charge in [0.1, 0.15) is 29.3 Å². The number of halogens is 1. The summed E-state index contributed by atoms with van der Waals surface area (Å²) in [6, 6.07) is 13.7. The minimum atomic E-state index is -0.689. The molecule has 0 aliphatic carbocycles. The number of carbonyl (C=O) groups excluding carboxylic acids is 1. The minimum absolute atomic E-state index is 0.0919. The van der Waals surface area contributed by atoms with Crippen LogP contribution in [-0.4, -0.2) is 54.0 Å². The Balaban J connectivity index is 1.61. The Morgan fingerprint density at radius 1 is 1.09 bits per heavy atom. The van der Waals surface area contributed by atoms with Crippen molar-refractivity contribution in [3.05, 3.63) is 59.5 Å². The van der Waals surface area contributed by atoms with Crippen LogP contribution in [0.3, 0.4) is 0 Å². The van der Waals surface area contributed by atoms with Crippen LogP contribution in [0.1, 0.15) is 56.1 Å². The molecule has 43 heavy (non-hydrogen) atoms. The van der Waals surface area contributed by atoms with E-state index in [-0.39, 0.29) is 17.7 Å². The fraction of sp³-hybridized carbons (Fsp3) is 0.375. The van der Waals surface area contributed by atoms with Gasteiger partial charge in [0.2, 0.25) is 5.91 Å². The monoisotopic (exact) mass is 586 g/mol. The average Bonchev–Trinajstić information content (AvgIpc) is 3.04. The van der Waals surface area contributed by atoms with Crippen LogP contribution < -0.4 is 20.4 Å². The highest BCUT2D eigenvalue weighted by Gasteiger charge is 2.26. The Kier molecular flexibility index (Phi) is 10.9. The van der Waals surface area contributed by atoms with Crippen LogP contribution in [0.2, 0.25) is 0 Å². The fourth-order valence-corrected chi connectivity index (χ4v) is 5.29.